The molecule has 0 aliphatic carbocycles. The largest absolute Gasteiger partial charge is 0.496 e. The predicted molar refractivity (Wildman–Crippen MR) is 107 cm³/mol. The quantitative estimate of drug-likeness (QED) is 0.346. The number of methoxy groups -OCH3 is 2. The Hall–Kier alpha value is -0.603. The summed E-state index contributed by atoms with van der Waals surface area (Å²) in [5, 5.41) is 0. The fourth-order valence-electron chi connectivity index (χ4n) is 2.53. The van der Waals surface area contributed by atoms with E-state index in [9.17, 15) is 4.79 Å². The molecule has 0 aromatic heterocycles. The van der Waals surface area contributed by atoms with Gasteiger partial charge in [-0.15, -0.1) is 0 Å². The molecule has 24 heavy (non-hydrogen) atoms. The molecule has 6 heteroatoms. The van der Waals surface area contributed by atoms with Crippen LogP contribution in [0.2, 0.25) is 13.1 Å². The van der Waals surface area contributed by atoms with Gasteiger partial charge >= 0.3 is 5.97 Å². The van der Waals surface area contributed by atoms with Crippen LogP contribution in [0.5, 0.6) is 5.75 Å². The van der Waals surface area contributed by atoms with Crippen LogP contribution in [0.1, 0.15) is 31.9 Å². The van der Waals surface area contributed by atoms with Crippen LogP contribution in [-0.4, -0.2) is 35.8 Å². The first-order chi connectivity index (χ1) is 11.1. The summed E-state index contributed by atoms with van der Waals surface area (Å²) in [6.07, 6.45) is 0.606. The lowest BCUT2D eigenvalue weighted by Crippen LogP contribution is -2.28. The molecule has 0 amide bonds. The van der Waals surface area contributed by atoms with Crippen LogP contribution in [0.4, 0.5) is 0 Å². The van der Waals surface area contributed by atoms with Crippen molar-refractivity contribution in [1.82, 2.24) is 0 Å². The highest BCUT2D eigenvalue weighted by Gasteiger charge is 2.26. The van der Waals surface area contributed by atoms with E-state index in [4.69, 9.17) is 13.9 Å². The number of benzene rings is 1. The molecule has 0 saturated heterocycles. The number of esters is 1. The zero-order chi connectivity index (χ0) is 18.5. The smallest absolute Gasteiger partial charge is 0.311 e. The Kier molecular flexibility index (Phi) is 8.21. The summed E-state index contributed by atoms with van der Waals surface area (Å²) >= 11 is 2.27. The zero-order valence-corrected chi connectivity index (χ0v) is 18.8. The summed E-state index contributed by atoms with van der Waals surface area (Å²) in [6, 6.07) is 4.20. The van der Waals surface area contributed by atoms with Gasteiger partial charge in [-0.2, -0.15) is 0 Å². The molecule has 1 aromatic rings. The van der Waals surface area contributed by atoms with Gasteiger partial charge in [-0.1, -0.05) is 20.8 Å². The fourth-order valence-corrected chi connectivity index (χ4v) is 3.81. The molecule has 0 spiro atoms. The lowest BCUT2D eigenvalue weighted by Gasteiger charge is -2.26. The van der Waals surface area contributed by atoms with E-state index in [0.717, 1.165) is 14.9 Å². The normalized spacial score (nSPS) is 13.0. The average molecular weight is 463 g/mol. The molecule has 4 nitrogen and oxygen atoms in total. The minimum absolute atomic E-state index is 0.0427. The number of hydrogen-bond donors (Lipinski definition) is 0. The number of rotatable bonds is 7. The van der Waals surface area contributed by atoms with Crippen molar-refractivity contribution in [2.75, 3.05) is 20.8 Å². The van der Waals surface area contributed by atoms with E-state index in [1.807, 2.05) is 0 Å². The second-order valence-electron chi connectivity index (χ2n) is 7.04. The molecule has 0 heterocycles. The first kappa shape index (κ1) is 21.4. The van der Waals surface area contributed by atoms with E-state index < -0.39 is 9.04 Å². The van der Waals surface area contributed by atoms with Crippen molar-refractivity contribution < 1.29 is 18.7 Å². The van der Waals surface area contributed by atoms with Crippen molar-refractivity contribution in [2.45, 2.75) is 45.7 Å². The van der Waals surface area contributed by atoms with Gasteiger partial charge in [0.05, 0.1) is 23.7 Å². The molecule has 0 fully saturated rings. The van der Waals surface area contributed by atoms with Gasteiger partial charge in [0, 0.05) is 6.61 Å². The zero-order valence-electron chi connectivity index (χ0n) is 15.7. The van der Waals surface area contributed by atoms with Gasteiger partial charge in [-0.05, 0) is 70.8 Å². The molecular formula is C18H28IO4Si. The molecule has 0 saturated carbocycles. The molecule has 1 atom stereocenters. The van der Waals surface area contributed by atoms with Crippen molar-refractivity contribution >= 4 is 37.6 Å². The Morgan fingerprint density at radius 1 is 1.25 bits per heavy atom. The topological polar surface area (TPSA) is 44.8 Å². The van der Waals surface area contributed by atoms with Crippen LogP contribution >= 0.6 is 22.6 Å². The molecule has 0 N–H and O–H groups in total. The average Bonchev–Trinajstić information content (AvgIpc) is 2.49. The highest BCUT2D eigenvalue weighted by Crippen LogP contribution is 2.34. The number of ether oxygens (including phenoxy) is 2. The van der Waals surface area contributed by atoms with E-state index in [1.165, 1.54) is 12.7 Å². The second kappa shape index (κ2) is 9.19. The van der Waals surface area contributed by atoms with Crippen molar-refractivity contribution in [3.63, 3.8) is 0 Å². The maximum Gasteiger partial charge on any atom is 0.311 e. The van der Waals surface area contributed by atoms with Gasteiger partial charge in [-0.3, -0.25) is 4.79 Å². The molecule has 0 bridgehead atoms. The lowest BCUT2D eigenvalue weighted by atomic mass is 9.81. The lowest BCUT2D eigenvalue weighted by molar-refractivity contribution is -0.146. The van der Waals surface area contributed by atoms with E-state index >= 15 is 0 Å². The van der Waals surface area contributed by atoms with Crippen molar-refractivity contribution in [1.29, 1.82) is 0 Å². The second-order valence-corrected chi connectivity index (χ2v) is 10.3. The minimum Gasteiger partial charge on any atom is -0.496 e. The maximum atomic E-state index is 12.2. The number of hydrogen-bond acceptors (Lipinski definition) is 4. The Morgan fingerprint density at radius 2 is 1.88 bits per heavy atom. The number of carbonyl (C=O) groups excluding carboxylic acids is 1. The molecule has 0 aliphatic heterocycles. The van der Waals surface area contributed by atoms with Gasteiger partial charge < -0.3 is 13.9 Å². The highest BCUT2D eigenvalue weighted by molar-refractivity contribution is 14.1. The van der Waals surface area contributed by atoms with Crippen LogP contribution in [0, 0.1) is 9.49 Å². The van der Waals surface area contributed by atoms with Gasteiger partial charge in [0.15, 0.2) is 0 Å². The molecule has 1 unspecified atom stereocenters. The fraction of sp³-hybridized carbons (Fsp3) is 0.611. The van der Waals surface area contributed by atoms with E-state index in [2.05, 4.69) is 68.6 Å². The van der Waals surface area contributed by atoms with Crippen LogP contribution in [0.15, 0.2) is 12.1 Å². The van der Waals surface area contributed by atoms with Crippen LogP contribution < -0.4 is 4.74 Å². The Bertz CT molecular complexity index is 567. The number of halogens is 1. The summed E-state index contributed by atoms with van der Waals surface area (Å²) in [7, 11) is 2.27. The summed E-state index contributed by atoms with van der Waals surface area (Å²) in [5.41, 5.74) is 2.29. The third kappa shape index (κ3) is 6.04. The third-order valence-electron chi connectivity index (χ3n) is 3.76. The Labute approximate surface area is 161 Å². The van der Waals surface area contributed by atoms with Crippen LogP contribution in [0.3, 0.4) is 0 Å². The van der Waals surface area contributed by atoms with Crippen molar-refractivity contribution in [3.05, 3.63) is 26.8 Å². The van der Waals surface area contributed by atoms with E-state index in [-0.39, 0.29) is 17.3 Å². The standard InChI is InChI=1S/C18H28IO4Si/c1-18(2,3)14-10-16(21-4)15(19)9-12(14)8-13(17(20)22-5)11-23-24(6)7/h9-10,13H,8,11H2,1-7H3. The maximum absolute atomic E-state index is 12.2. The Balaban J connectivity index is 3.21. The van der Waals surface area contributed by atoms with Crippen LogP contribution in [0.25, 0.3) is 0 Å². The first-order valence-electron chi connectivity index (χ1n) is 7.97. The molecule has 135 valence electrons. The number of carbonyl (C=O) groups is 1. The SMILES string of the molecule is COC(=O)C(CO[Si](C)C)Cc1cc(I)c(OC)cc1C(C)(C)C. The van der Waals surface area contributed by atoms with Gasteiger partial charge in [0.1, 0.15) is 5.75 Å². The predicted octanol–water partition coefficient (Wildman–Crippen LogP) is 4.20. The van der Waals surface area contributed by atoms with E-state index in [0.29, 0.717) is 13.0 Å². The van der Waals surface area contributed by atoms with Crippen molar-refractivity contribution in [3.8, 4) is 5.75 Å². The molecule has 1 radical (unpaired) electrons. The third-order valence-corrected chi connectivity index (χ3v) is 5.35. The first-order valence-corrected chi connectivity index (χ1v) is 11.5. The van der Waals surface area contributed by atoms with Crippen LogP contribution in [-0.2, 0) is 25.8 Å². The molecule has 1 rings (SSSR count). The summed E-state index contributed by atoms with van der Waals surface area (Å²) in [5.74, 6) is 0.354. The summed E-state index contributed by atoms with van der Waals surface area (Å²) in [6.45, 7) is 11.0. The highest BCUT2D eigenvalue weighted by atomic mass is 127. The van der Waals surface area contributed by atoms with Crippen molar-refractivity contribution in [2.24, 2.45) is 5.92 Å². The molecule has 0 aliphatic rings. The van der Waals surface area contributed by atoms with Gasteiger partial charge in [-0.25, -0.2) is 0 Å². The molecular weight excluding hydrogens is 435 g/mol. The van der Waals surface area contributed by atoms with Gasteiger partial charge in [0.2, 0.25) is 9.04 Å². The monoisotopic (exact) mass is 463 g/mol. The summed E-state index contributed by atoms with van der Waals surface area (Å²) < 4.78 is 17.3. The molecule has 1 aromatic carbocycles. The summed E-state index contributed by atoms with van der Waals surface area (Å²) in [4.78, 5) is 12.2. The Morgan fingerprint density at radius 3 is 2.33 bits per heavy atom. The minimum atomic E-state index is -0.848. The van der Waals surface area contributed by atoms with Gasteiger partial charge in [0.25, 0.3) is 0 Å². The van der Waals surface area contributed by atoms with E-state index in [1.54, 1.807) is 7.11 Å².